The number of rotatable bonds is 1. The lowest BCUT2D eigenvalue weighted by molar-refractivity contribution is -0.255. The highest BCUT2D eigenvalue weighted by atomic mass is 16.6. The summed E-state index contributed by atoms with van der Waals surface area (Å²) in [5.41, 5.74) is -1.45. The number of hydrogen-bond acceptors (Lipinski definition) is 4. The molecule has 19 heavy (non-hydrogen) atoms. The zero-order valence-electron chi connectivity index (χ0n) is 12.3. The van der Waals surface area contributed by atoms with Crippen molar-refractivity contribution in [1.29, 1.82) is 0 Å². The van der Waals surface area contributed by atoms with Gasteiger partial charge >= 0.3 is 5.97 Å². The fourth-order valence-electron chi connectivity index (χ4n) is 4.18. The quantitative estimate of drug-likeness (QED) is 0.714. The molecule has 2 N–H and O–H groups in total. The maximum atomic E-state index is 11.1. The topological polar surface area (TPSA) is 66.8 Å². The van der Waals surface area contributed by atoms with E-state index in [9.17, 15) is 15.0 Å². The summed E-state index contributed by atoms with van der Waals surface area (Å²) in [5, 5.41) is 21.6. The van der Waals surface area contributed by atoms with Crippen LogP contribution in [-0.4, -0.2) is 34.0 Å². The van der Waals surface area contributed by atoms with Crippen LogP contribution in [0.25, 0.3) is 0 Å². The Balaban J connectivity index is 2.28. The minimum Gasteiger partial charge on any atom is -0.460 e. The summed E-state index contributed by atoms with van der Waals surface area (Å²) < 4.78 is 5.18. The van der Waals surface area contributed by atoms with Gasteiger partial charge in [-0.05, 0) is 37.5 Å². The summed E-state index contributed by atoms with van der Waals surface area (Å²) >= 11 is 0. The summed E-state index contributed by atoms with van der Waals surface area (Å²) in [4.78, 5) is 11.1. The molecule has 0 bridgehead atoms. The summed E-state index contributed by atoms with van der Waals surface area (Å²) in [6, 6.07) is 0. The number of hydrogen-bond donors (Lipinski definition) is 2. The molecule has 0 amide bonds. The fourth-order valence-corrected chi connectivity index (χ4v) is 4.18. The summed E-state index contributed by atoms with van der Waals surface area (Å²) in [6.45, 7) is 7.78. The summed E-state index contributed by atoms with van der Waals surface area (Å²) in [6.07, 6.45) is 1.33. The van der Waals surface area contributed by atoms with Gasteiger partial charge < -0.3 is 14.9 Å². The lowest BCUT2D eigenvalue weighted by Gasteiger charge is -2.60. The highest BCUT2D eigenvalue weighted by Crippen LogP contribution is 2.57. The zero-order chi connectivity index (χ0) is 14.4. The van der Waals surface area contributed by atoms with Gasteiger partial charge in [0.1, 0.15) is 12.2 Å². The maximum Gasteiger partial charge on any atom is 0.302 e. The van der Waals surface area contributed by atoms with E-state index < -0.39 is 23.8 Å². The van der Waals surface area contributed by atoms with Gasteiger partial charge in [0.05, 0.1) is 5.60 Å². The molecule has 110 valence electrons. The molecule has 0 saturated heterocycles. The molecule has 2 aliphatic rings. The van der Waals surface area contributed by atoms with Crippen LogP contribution in [0, 0.1) is 17.3 Å². The van der Waals surface area contributed by atoms with E-state index in [1.165, 1.54) is 6.92 Å². The Kier molecular flexibility index (Phi) is 3.69. The molecule has 0 aromatic rings. The zero-order valence-corrected chi connectivity index (χ0v) is 12.3. The molecule has 2 aliphatic carbocycles. The number of fused-ring (bicyclic) bond motifs is 1. The fraction of sp³-hybridized carbons (Fsp3) is 0.933. The van der Waals surface area contributed by atoms with Crippen molar-refractivity contribution in [2.75, 3.05) is 0 Å². The van der Waals surface area contributed by atoms with Crippen LogP contribution in [-0.2, 0) is 9.53 Å². The third kappa shape index (κ3) is 2.09. The van der Waals surface area contributed by atoms with E-state index in [1.807, 2.05) is 0 Å². The molecule has 0 heterocycles. The van der Waals surface area contributed by atoms with Crippen molar-refractivity contribution in [3.63, 3.8) is 0 Å². The average molecular weight is 270 g/mol. The number of aliphatic hydroxyl groups excluding tert-OH is 1. The minimum atomic E-state index is -1.14. The average Bonchev–Trinajstić information content (AvgIpc) is 2.34. The molecule has 2 saturated carbocycles. The van der Waals surface area contributed by atoms with Crippen LogP contribution in [0.3, 0.4) is 0 Å². The Morgan fingerprint density at radius 3 is 2.47 bits per heavy atom. The van der Waals surface area contributed by atoms with Crippen LogP contribution < -0.4 is 0 Å². The van der Waals surface area contributed by atoms with Gasteiger partial charge in [0.2, 0.25) is 0 Å². The van der Waals surface area contributed by atoms with Gasteiger partial charge in [-0.3, -0.25) is 4.79 Å². The van der Waals surface area contributed by atoms with Gasteiger partial charge in [-0.25, -0.2) is 0 Å². The molecule has 2 fully saturated rings. The van der Waals surface area contributed by atoms with Crippen molar-refractivity contribution in [3.05, 3.63) is 0 Å². The van der Waals surface area contributed by atoms with Gasteiger partial charge in [0.15, 0.2) is 0 Å². The third-order valence-electron chi connectivity index (χ3n) is 5.94. The van der Waals surface area contributed by atoms with Crippen LogP contribution in [0.15, 0.2) is 0 Å². The predicted octanol–water partition coefficient (Wildman–Crippen LogP) is 1.88. The SMILES string of the molecule is CC(=O)O[C@@H]1CC[C@]2(C)[C@H](C)[C@@H](C)CC[C@@]2(O)[C@@H]1O. The van der Waals surface area contributed by atoms with E-state index in [0.717, 1.165) is 12.8 Å². The van der Waals surface area contributed by atoms with E-state index in [0.29, 0.717) is 24.7 Å². The van der Waals surface area contributed by atoms with Crippen molar-refractivity contribution in [2.24, 2.45) is 17.3 Å². The predicted molar refractivity (Wildman–Crippen MR) is 71.4 cm³/mol. The van der Waals surface area contributed by atoms with Crippen molar-refractivity contribution in [1.82, 2.24) is 0 Å². The summed E-state index contributed by atoms with van der Waals surface area (Å²) in [7, 11) is 0. The van der Waals surface area contributed by atoms with Gasteiger partial charge in [-0.2, -0.15) is 0 Å². The van der Waals surface area contributed by atoms with Gasteiger partial charge in [-0.15, -0.1) is 0 Å². The van der Waals surface area contributed by atoms with E-state index >= 15 is 0 Å². The smallest absolute Gasteiger partial charge is 0.302 e. The molecule has 4 heteroatoms. The van der Waals surface area contributed by atoms with Crippen molar-refractivity contribution in [3.8, 4) is 0 Å². The normalized spacial score (nSPS) is 50.4. The first kappa shape index (κ1) is 14.8. The van der Waals surface area contributed by atoms with Gasteiger partial charge in [0, 0.05) is 12.3 Å². The Bertz CT molecular complexity index is 369. The van der Waals surface area contributed by atoms with Gasteiger partial charge in [-0.1, -0.05) is 20.8 Å². The van der Waals surface area contributed by atoms with E-state index in [-0.39, 0.29) is 5.41 Å². The first-order valence-corrected chi connectivity index (χ1v) is 7.30. The molecule has 0 radical (unpaired) electrons. The largest absolute Gasteiger partial charge is 0.460 e. The number of esters is 1. The number of carbonyl (C=O) groups is 1. The van der Waals surface area contributed by atoms with Crippen molar-refractivity contribution in [2.45, 2.75) is 71.2 Å². The van der Waals surface area contributed by atoms with Crippen LogP contribution >= 0.6 is 0 Å². The molecule has 0 spiro atoms. The van der Waals surface area contributed by atoms with E-state index in [1.54, 1.807) is 0 Å². The van der Waals surface area contributed by atoms with Crippen LogP contribution in [0.4, 0.5) is 0 Å². The summed E-state index contributed by atoms with van der Waals surface area (Å²) in [5.74, 6) is 0.496. The number of ether oxygens (including phenoxy) is 1. The van der Waals surface area contributed by atoms with Gasteiger partial charge in [0.25, 0.3) is 0 Å². The lowest BCUT2D eigenvalue weighted by atomic mass is 9.49. The van der Waals surface area contributed by atoms with E-state index in [2.05, 4.69) is 20.8 Å². The first-order chi connectivity index (χ1) is 8.72. The Morgan fingerprint density at radius 2 is 1.89 bits per heavy atom. The molecule has 0 aliphatic heterocycles. The van der Waals surface area contributed by atoms with E-state index in [4.69, 9.17) is 4.74 Å². The highest BCUT2D eigenvalue weighted by Gasteiger charge is 2.62. The number of carbonyl (C=O) groups excluding carboxylic acids is 1. The molecular weight excluding hydrogens is 244 g/mol. The first-order valence-electron chi connectivity index (χ1n) is 7.30. The van der Waals surface area contributed by atoms with Crippen molar-refractivity contribution < 1.29 is 19.7 Å². The molecule has 4 nitrogen and oxygen atoms in total. The molecule has 6 atom stereocenters. The Morgan fingerprint density at radius 1 is 1.26 bits per heavy atom. The molecule has 0 aromatic heterocycles. The van der Waals surface area contributed by atoms with Crippen LogP contribution in [0.1, 0.15) is 53.4 Å². The monoisotopic (exact) mass is 270 g/mol. The highest BCUT2D eigenvalue weighted by molar-refractivity contribution is 5.66. The van der Waals surface area contributed by atoms with Crippen LogP contribution in [0.2, 0.25) is 0 Å². The molecule has 0 aromatic carbocycles. The lowest BCUT2D eigenvalue weighted by Crippen LogP contribution is -2.67. The molecule has 0 unspecified atom stereocenters. The third-order valence-corrected chi connectivity index (χ3v) is 5.94. The minimum absolute atomic E-state index is 0.305. The van der Waals surface area contributed by atoms with Crippen LogP contribution in [0.5, 0.6) is 0 Å². The molecule has 2 rings (SSSR count). The number of aliphatic hydroxyl groups is 2. The Hall–Kier alpha value is -0.610. The second-order valence-corrected chi connectivity index (χ2v) is 6.78. The van der Waals surface area contributed by atoms with Crippen molar-refractivity contribution >= 4 is 5.97 Å². The standard InChI is InChI=1S/C15H26O4/c1-9-5-8-15(18)13(17)12(19-11(3)16)6-7-14(15,4)10(9)2/h9-10,12-13,17-18H,5-8H2,1-4H3/t9-,10+,12+,13+,14+,15+/m0/s1. The molecular formula is C15H26O4. The maximum absolute atomic E-state index is 11.1. The second kappa shape index (κ2) is 4.74. The second-order valence-electron chi connectivity index (χ2n) is 6.78. The Labute approximate surface area is 115 Å².